The number of benzene rings is 1. The Hall–Kier alpha value is -1.39. The van der Waals surface area contributed by atoms with E-state index in [2.05, 4.69) is 26.2 Å². The van der Waals surface area contributed by atoms with Gasteiger partial charge in [0.05, 0.1) is 17.4 Å². The molecule has 0 fully saturated rings. The predicted octanol–water partition coefficient (Wildman–Crippen LogP) is 4.06. The van der Waals surface area contributed by atoms with E-state index in [-0.39, 0.29) is 5.91 Å². The zero-order valence-electron chi connectivity index (χ0n) is 9.58. The van der Waals surface area contributed by atoms with Gasteiger partial charge in [-0.15, -0.1) is 0 Å². The van der Waals surface area contributed by atoms with E-state index in [1.165, 1.54) is 0 Å². The highest BCUT2D eigenvalue weighted by Gasteiger charge is 2.11. The van der Waals surface area contributed by atoms with Crippen LogP contribution in [0, 0.1) is 6.92 Å². The first kappa shape index (κ1) is 13.1. The summed E-state index contributed by atoms with van der Waals surface area (Å²) >= 11 is 9.20. The Morgan fingerprint density at radius 2 is 2.11 bits per heavy atom. The van der Waals surface area contributed by atoms with Crippen molar-refractivity contribution in [2.75, 3.05) is 5.32 Å². The molecule has 1 amide bonds. The third-order valence-electron chi connectivity index (χ3n) is 2.31. The molecular weight excluding hydrogens is 316 g/mol. The van der Waals surface area contributed by atoms with Gasteiger partial charge < -0.3 is 5.32 Å². The fraction of sp³-hybridized carbons (Fsp3) is 0.0769. The maximum absolute atomic E-state index is 12.1. The number of aromatic nitrogens is 1. The Balaban J connectivity index is 2.24. The zero-order chi connectivity index (χ0) is 13.1. The molecular formula is C13H10BrClN2O. The van der Waals surface area contributed by atoms with Crippen LogP contribution in [0.5, 0.6) is 0 Å². The van der Waals surface area contributed by atoms with Crippen LogP contribution in [0.25, 0.3) is 0 Å². The molecule has 1 aromatic carbocycles. The van der Waals surface area contributed by atoms with E-state index in [9.17, 15) is 4.79 Å². The zero-order valence-corrected chi connectivity index (χ0v) is 11.9. The topological polar surface area (TPSA) is 42.0 Å². The number of amides is 1. The van der Waals surface area contributed by atoms with Crippen molar-refractivity contribution in [3.8, 4) is 0 Å². The Kier molecular flexibility index (Phi) is 3.99. The number of pyridine rings is 1. The monoisotopic (exact) mass is 324 g/mol. The van der Waals surface area contributed by atoms with Gasteiger partial charge >= 0.3 is 0 Å². The normalized spacial score (nSPS) is 10.2. The number of nitrogens with one attached hydrogen (secondary N) is 1. The average Bonchev–Trinajstić information content (AvgIpc) is 2.32. The second kappa shape index (κ2) is 5.50. The van der Waals surface area contributed by atoms with Gasteiger partial charge in [0.2, 0.25) is 0 Å². The highest BCUT2D eigenvalue weighted by molar-refractivity contribution is 9.10. The number of aryl methyl sites for hydroxylation is 1. The number of carbonyl (C=O) groups is 1. The Labute approximate surface area is 118 Å². The minimum atomic E-state index is -0.225. The largest absolute Gasteiger partial charge is 0.321 e. The van der Waals surface area contributed by atoms with Gasteiger partial charge in [-0.1, -0.05) is 11.6 Å². The maximum atomic E-state index is 12.1. The first-order valence-electron chi connectivity index (χ1n) is 5.24. The summed E-state index contributed by atoms with van der Waals surface area (Å²) < 4.78 is 0.699. The first-order chi connectivity index (χ1) is 8.56. The molecule has 0 aliphatic carbocycles. The lowest BCUT2D eigenvalue weighted by Crippen LogP contribution is -2.12. The number of nitrogens with zero attached hydrogens (tertiary/aromatic N) is 1. The van der Waals surface area contributed by atoms with Crippen molar-refractivity contribution >= 4 is 39.1 Å². The van der Waals surface area contributed by atoms with Gasteiger partial charge in [-0.2, -0.15) is 0 Å². The standard InChI is InChI=1S/C13H10BrClN2O/c1-8-4-10(7-16-6-8)17-13(18)11-5-9(15)2-3-12(11)14/h2-7H,1H3,(H,17,18). The Morgan fingerprint density at radius 3 is 2.83 bits per heavy atom. The molecule has 3 nitrogen and oxygen atoms in total. The third-order valence-corrected chi connectivity index (χ3v) is 3.23. The van der Waals surface area contributed by atoms with Crippen molar-refractivity contribution in [3.05, 3.63) is 57.3 Å². The molecule has 2 rings (SSSR count). The van der Waals surface area contributed by atoms with Crippen molar-refractivity contribution in [2.24, 2.45) is 0 Å². The van der Waals surface area contributed by atoms with E-state index in [4.69, 9.17) is 11.6 Å². The van der Waals surface area contributed by atoms with Crippen LogP contribution in [0.15, 0.2) is 41.1 Å². The highest BCUT2D eigenvalue weighted by atomic mass is 79.9. The molecule has 0 bridgehead atoms. The van der Waals surface area contributed by atoms with Gasteiger partial charge in [0, 0.05) is 15.7 Å². The van der Waals surface area contributed by atoms with Gasteiger partial charge in [0.25, 0.3) is 5.91 Å². The summed E-state index contributed by atoms with van der Waals surface area (Å²) in [6, 6.07) is 6.93. The fourth-order valence-corrected chi connectivity index (χ4v) is 2.09. The Bertz CT molecular complexity index is 601. The molecule has 0 spiro atoms. The maximum Gasteiger partial charge on any atom is 0.256 e. The molecule has 0 saturated heterocycles. The minimum Gasteiger partial charge on any atom is -0.321 e. The smallest absolute Gasteiger partial charge is 0.256 e. The van der Waals surface area contributed by atoms with Gasteiger partial charge in [-0.25, -0.2) is 0 Å². The van der Waals surface area contributed by atoms with Crippen molar-refractivity contribution in [1.82, 2.24) is 4.98 Å². The second-order valence-electron chi connectivity index (χ2n) is 3.83. The van der Waals surface area contributed by atoms with Crippen LogP contribution in [-0.4, -0.2) is 10.9 Å². The van der Waals surface area contributed by atoms with Gasteiger partial charge in [0.15, 0.2) is 0 Å². The van der Waals surface area contributed by atoms with Crippen molar-refractivity contribution in [3.63, 3.8) is 0 Å². The van der Waals surface area contributed by atoms with Crippen LogP contribution in [0.4, 0.5) is 5.69 Å². The van der Waals surface area contributed by atoms with Crippen molar-refractivity contribution < 1.29 is 4.79 Å². The average molecular weight is 326 g/mol. The highest BCUT2D eigenvalue weighted by Crippen LogP contribution is 2.22. The number of hydrogen-bond donors (Lipinski definition) is 1. The van der Waals surface area contributed by atoms with Crippen LogP contribution >= 0.6 is 27.5 Å². The lowest BCUT2D eigenvalue weighted by molar-refractivity contribution is 0.102. The number of hydrogen-bond acceptors (Lipinski definition) is 2. The molecule has 0 unspecified atom stereocenters. The Morgan fingerprint density at radius 1 is 1.33 bits per heavy atom. The first-order valence-corrected chi connectivity index (χ1v) is 6.41. The SMILES string of the molecule is Cc1cncc(NC(=O)c2cc(Cl)ccc2Br)c1. The summed E-state index contributed by atoms with van der Waals surface area (Å²) in [4.78, 5) is 16.1. The summed E-state index contributed by atoms with van der Waals surface area (Å²) in [5.74, 6) is -0.225. The second-order valence-corrected chi connectivity index (χ2v) is 5.12. The van der Waals surface area contributed by atoms with Crippen molar-refractivity contribution in [2.45, 2.75) is 6.92 Å². The quantitative estimate of drug-likeness (QED) is 0.905. The molecule has 0 aliphatic rings. The van der Waals surface area contributed by atoms with Gasteiger partial charge in [0.1, 0.15) is 0 Å². The van der Waals surface area contributed by atoms with Gasteiger partial charge in [-0.3, -0.25) is 9.78 Å². The van der Waals surface area contributed by atoms with E-state index in [1.54, 1.807) is 30.6 Å². The summed E-state index contributed by atoms with van der Waals surface area (Å²) in [7, 11) is 0. The molecule has 0 saturated carbocycles. The molecule has 92 valence electrons. The molecule has 1 heterocycles. The molecule has 1 N–H and O–H groups in total. The molecule has 2 aromatic rings. The van der Waals surface area contributed by atoms with E-state index < -0.39 is 0 Å². The molecule has 0 radical (unpaired) electrons. The molecule has 5 heteroatoms. The van der Waals surface area contributed by atoms with E-state index in [0.717, 1.165) is 5.56 Å². The predicted molar refractivity (Wildman–Crippen MR) is 76.1 cm³/mol. The van der Waals surface area contributed by atoms with Crippen LogP contribution < -0.4 is 5.32 Å². The molecule has 18 heavy (non-hydrogen) atoms. The lowest BCUT2D eigenvalue weighted by atomic mass is 10.2. The lowest BCUT2D eigenvalue weighted by Gasteiger charge is -2.07. The molecule has 0 atom stereocenters. The number of rotatable bonds is 2. The summed E-state index contributed by atoms with van der Waals surface area (Å²) in [5, 5.41) is 3.30. The molecule has 0 aliphatic heterocycles. The minimum absolute atomic E-state index is 0.225. The van der Waals surface area contributed by atoms with Crippen LogP contribution in [0.1, 0.15) is 15.9 Å². The summed E-state index contributed by atoms with van der Waals surface area (Å²) in [6.45, 7) is 1.91. The van der Waals surface area contributed by atoms with Crippen LogP contribution in [0.2, 0.25) is 5.02 Å². The van der Waals surface area contributed by atoms with E-state index >= 15 is 0 Å². The number of anilines is 1. The van der Waals surface area contributed by atoms with E-state index in [1.807, 2.05) is 13.0 Å². The number of halogens is 2. The van der Waals surface area contributed by atoms with Crippen molar-refractivity contribution in [1.29, 1.82) is 0 Å². The van der Waals surface area contributed by atoms with Crippen LogP contribution in [-0.2, 0) is 0 Å². The summed E-state index contributed by atoms with van der Waals surface area (Å²) in [5.41, 5.74) is 2.13. The molecule has 1 aromatic heterocycles. The number of carbonyl (C=O) groups excluding carboxylic acids is 1. The third kappa shape index (κ3) is 3.09. The summed E-state index contributed by atoms with van der Waals surface area (Å²) in [6.07, 6.45) is 3.33. The van der Waals surface area contributed by atoms with Gasteiger partial charge in [-0.05, 0) is 52.7 Å². The van der Waals surface area contributed by atoms with E-state index in [0.29, 0.717) is 20.7 Å². The van der Waals surface area contributed by atoms with Crippen LogP contribution in [0.3, 0.4) is 0 Å². The fourth-order valence-electron chi connectivity index (χ4n) is 1.49.